The molecule has 3 aromatic rings. The zero-order valence-electron chi connectivity index (χ0n) is 10.2. The molecule has 2 heterocycles. The summed E-state index contributed by atoms with van der Waals surface area (Å²) >= 11 is 5.97. The highest BCUT2D eigenvalue weighted by Gasteiger charge is 2.17. The van der Waals surface area contributed by atoms with Crippen molar-refractivity contribution >= 4 is 28.8 Å². The first-order chi connectivity index (χ1) is 9.56. The molecule has 5 nitrogen and oxygen atoms in total. The van der Waals surface area contributed by atoms with Crippen LogP contribution in [0.2, 0.25) is 5.02 Å². The zero-order valence-corrected chi connectivity index (χ0v) is 11.0. The van der Waals surface area contributed by atoms with Gasteiger partial charge in [-0.1, -0.05) is 23.7 Å². The van der Waals surface area contributed by atoms with E-state index in [1.165, 1.54) is 0 Å². The van der Waals surface area contributed by atoms with E-state index in [9.17, 15) is 9.90 Å². The van der Waals surface area contributed by atoms with Crippen LogP contribution < -0.4 is 5.73 Å². The van der Waals surface area contributed by atoms with Gasteiger partial charge in [-0.3, -0.25) is 4.40 Å². The number of carbonyl (C=O) groups is 1. The van der Waals surface area contributed by atoms with E-state index < -0.39 is 5.97 Å². The van der Waals surface area contributed by atoms with Crippen LogP contribution in [-0.4, -0.2) is 20.5 Å². The van der Waals surface area contributed by atoms with E-state index in [2.05, 4.69) is 4.98 Å². The van der Waals surface area contributed by atoms with Gasteiger partial charge >= 0.3 is 5.97 Å². The van der Waals surface area contributed by atoms with Crippen LogP contribution in [0.3, 0.4) is 0 Å². The molecule has 3 rings (SSSR count). The first-order valence-electron chi connectivity index (χ1n) is 5.83. The first kappa shape index (κ1) is 12.5. The lowest BCUT2D eigenvalue weighted by Gasteiger charge is -2.02. The number of benzene rings is 1. The van der Waals surface area contributed by atoms with Gasteiger partial charge in [-0.15, -0.1) is 0 Å². The Morgan fingerprint density at radius 3 is 2.80 bits per heavy atom. The second-order valence-electron chi connectivity index (χ2n) is 4.32. The summed E-state index contributed by atoms with van der Waals surface area (Å²) in [6, 6.07) is 10.4. The maximum atomic E-state index is 11.3. The summed E-state index contributed by atoms with van der Waals surface area (Å²) in [5, 5.41) is 9.79. The smallest absolute Gasteiger partial charge is 0.356 e. The van der Waals surface area contributed by atoms with Crippen LogP contribution in [0.5, 0.6) is 0 Å². The van der Waals surface area contributed by atoms with Gasteiger partial charge in [0.15, 0.2) is 5.69 Å². The number of hydrogen-bond donors (Lipinski definition) is 2. The molecule has 1 aromatic carbocycles. The van der Waals surface area contributed by atoms with Gasteiger partial charge in [-0.25, -0.2) is 9.78 Å². The normalized spacial score (nSPS) is 10.8. The highest BCUT2D eigenvalue weighted by atomic mass is 35.5. The summed E-state index contributed by atoms with van der Waals surface area (Å²) in [7, 11) is 0. The number of nitrogens with two attached hydrogens (primary N) is 1. The minimum absolute atomic E-state index is 0.0139. The van der Waals surface area contributed by atoms with Crippen LogP contribution in [0.1, 0.15) is 10.5 Å². The Kier molecular flexibility index (Phi) is 2.84. The van der Waals surface area contributed by atoms with Crippen molar-refractivity contribution in [3.05, 3.63) is 53.3 Å². The molecular formula is C14H10ClN3O2. The predicted molar refractivity (Wildman–Crippen MR) is 77.0 cm³/mol. The number of nitrogen functional groups attached to an aromatic ring is 1. The van der Waals surface area contributed by atoms with Gasteiger partial charge in [0.2, 0.25) is 0 Å². The topological polar surface area (TPSA) is 80.6 Å². The van der Waals surface area contributed by atoms with E-state index in [0.29, 0.717) is 22.1 Å². The molecular weight excluding hydrogens is 278 g/mol. The van der Waals surface area contributed by atoms with Gasteiger partial charge in [0, 0.05) is 22.5 Å². The van der Waals surface area contributed by atoms with Crippen molar-refractivity contribution in [2.75, 3.05) is 5.73 Å². The monoisotopic (exact) mass is 287 g/mol. The largest absolute Gasteiger partial charge is 0.476 e. The fourth-order valence-electron chi connectivity index (χ4n) is 2.09. The number of hydrogen-bond acceptors (Lipinski definition) is 3. The minimum Gasteiger partial charge on any atom is -0.476 e. The number of fused-ring (bicyclic) bond motifs is 1. The maximum absolute atomic E-state index is 11.3. The number of pyridine rings is 1. The summed E-state index contributed by atoms with van der Waals surface area (Å²) in [5.74, 6) is -0.590. The second kappa shape index (κ2) is 4.54. The SMILES string of the molecule is Nc1ccc2c(C(=O)O)nc(-c3cccc(Cl)c3)n2c1. The van der Waals surface area contributed by atoms with E-state index in [-0.39, 0.29) is 5.69 Å². The van der Waals surface area contributed by atoms with Gasteiger partial charge in [0.05, 0.1) is 5.52 Å². The van der Waals surface area contributed by atoms with Crippen molar-refractivity contribution in [2.45, 2.75) is 0 Å². The lowest BCUT2D eigenvalue weighted by atomic mass is 10.2. The first-order valence-corrected chi connectivity index (χ1v) is 6.21. The standard InChI is InChI=1S/C14H10ClN3O2/c15-9-3-1-2-8(6-9)13-17-12(14(19)20)11-5-4-10(16)7-18(11)13/h1-7H,16H2,(H,19,20). The molecule has 0 aliphatic heterocycles. The molecule has 0 spiro atoms. The Bertz CT molecular complexity index is 826. The number of aromatic nitrogens is 2. The zero-order chi connectivity index (χ0) is 14.3. The fourth-order valence-corrected chi connectivity index (χ4v) is 2.28. The number of imidazole rings is 1. The minimum atomic E-state index is -1.08. The Morgan fingerprint density at radius 2 is 2.10 bits per heavy atom. The molecule has 0 saturated heterocycles. The van der Waals surface area contributed by atoms with Crippen LogP contribution in [0.4, 0.5) is 5.69 Å². The Labute approximate surface area is 119 Å². The number of carboxylic acids is 1. The summed E-state index contributed by atoms with van der Waals surface area (Å²) < 4.78 is 1.66. The number of halogens is 1. The van der Waals surface area contributed by atoms with Crippen molar-refractivity contribution in [1.29, 1.82) is 0 Å². The van der Waals surface area contributed by atoms with Gasteiger partial charge in [-0.05, 0) is 24.3 Å². The van der Waals surface area contributed by atoms with Crippen LogP contribution in [0.15, 0.2) is 42.6 Å². The molecule has 0 atom stereocenters. The number of nitrogens with zero attached hydrogens (tertiary/aromatic N) is 2. The second-order valence-corrected chi connectivity index (χ2v) is 4.75. The molecule has 0 saturated carbocycles. The van der Waals surface area contributed by atoms with E-state index in [1.807, 2.05) is 6.07 Å². The third kappa shape index (κ3) is 1.98. The maximum Gasteiger partial charge on any atom is 0.356 e. The lowest BCUT2D eigenvalue weighted by Crippen LogP contribution is -1.97. The van der Waals surface area contributed by atoms with E-state index in [0.717, 1.165) is 5.56 Å². The molecule has 20 heavy (non-hydrogen) atoms. The Hall–Kier alpha value is -2.53. The summed E-state index contributed by atoms with van der Waals surface area (Å²) in [6.45, 7) is 0. The van der Waals surface area contributed by atoms with Gasteiger partial charge in [0.1, 0.15) is 5.82 Å². The van der Waals surface area contributed by atoms with Crippen molar-refractivity contribution in [1.82, 2.24) is 9.38 Å². The highest BCUT2D eigenvalue weighted by molar-refractivity contribution is 6.30. The van der Waals surface area contributed by atoms with Crippen molar-refractivity contribution < 1.29 is 9.90 Å². The fraction of sp³-hybridized carbons (Fsp3) is 0. The molecule has 0 radical (unpaired) electrons. The molecule has 0 bridgehead atoms. The van der Waals surface area contributed by atoms with E-state index in [1.54, 1.807) is 40.9 Å². The predicted octanol–water partition coefficient (Wildman–Crippen LogP) is 2.94. The number of aromatic carboxylic acids is 1. The number of anilines is 1. The Balaban J connectivity index is 2.35. The highest BCUT2D eigenvalue weighted by Crippen LogP contribution is 2.26. The van der Waals surface area contributed by atoms with Crippen molar-refractivity contribution in [3.63, 3.8) is 0 Å². The summed E-state index contributed by atoms with van der Waals surface area (Å²) in [4.78, 5) is 15.5. The molecule has 0 unspecified atom stereocenters. The molecule has 100 valence electrons. The average Bonchev–Trinajstić information content (AvgIpc) is 2.77. The number of carboxylic acid groups (broad SMARTS) is 1. The van der Waals surface area contributed by atoms with Crippen molar-refractivity contribution in [2.24, 2.45) is 0 Å². The van der Waals surface area contributed by atoms with Crippen LogP contribution in [0, 0.1) is 0 Å². The molecule has 0 aliphatic rings. The van der Waals surface area contributed by atoms with Crippen LogP contribution >= 0.6 is 11.6 Å². The van der Waals surface area contributed by atoms with E-state index >= 15 is 0 Å². The van der Waals surface area contributed by atoms with Crippen molar-refractivity contribution in [3.8, 4) is 11.4 Å². The number of rotatable bonds is 2. The molecule has 3 N–H and O–H groups in total. The van der Waals surface area contributed by atoms with Gasteiger partial charge < -0.3 is 10.8 Å². The van der Waals surface area contributed by atoms with Crippen LogP contribution in [-0.2, 0) is 0 Å². The third-order valence-electron chi connectivity index (χ3n) is 2.95. The van der Waals surface area contributed by atoms with E-state index in [4.69, 9.17) is 17.3 Å². The molecule has 0 amide bonds. The quantitative estimate of drug-likeness (QED) is 0.759. The molecule has 6 heteroatoms. The molecule has 0 fully saturated rings. The lowest BCUT2D eigenvalue weighted by molar-refractivity contribution is 0.0693. The van der Waals surface area contributed by atoms with Crippen LogP contribution in [0.25, 0.3) is 16.9 Å². The molecule has 2 aromatic heterocycles. The molecule has 0 aliphatic carbocycles. The summed E-state index contributed by atoms with van der Waals surface area (Å²) in [6.07, 6.45) is 1.64. The van der Waals surface area contributed by atoms with Gasteiger partial charge in [0.25, 0.3) is 0 Å². The Morgan fingerprint density at radius 1 is 1.30 bits per heavy atom. The summed E-state index contributed by atoms with van der Waals surface area (Å²) in [5.41, 5.74) is 7.49. The third-order valence-corrected chi connectivity index (χ3v) is 3.18. The van der Waals surface area contributed by atoms with Gasteiger partial charge in [-0.2, -0.15) is 0 Å². The average molecular weight is 288 g/mol.